The number of hydrogen-bond donors (Lipinski definition) is 1. The summed E-state index contributed by atoms with van der Waals surface area (Å²) >= 11 is 0. The zero-order chi connectivity index (χ0) is 10.1. The van der Waals surface area contributed by atoms with E-state index in [1.807, 2.05) is 0 Å². The van der Waals surface area contributed by atoms with Crippen LogP contribution in [0.5, 0.6) is 0 Å². The van der Waals surface area contributed by atoms with Crippen LogP contribution in [-0.2, 0) is 10.1 Å². The molecule has 0 aliphatic carbocycles. The molecule has 72 valence electrons. The van der Waals surface area contributed by atoms with Gasteiger partial charge in [-0.1, -0.05) is 0 Å². The summed E-state index contributed by atoms with van der Waals surface area (Å²) in [6.07, 6.45) is 1.33. The van der Waals surface area contributed by atoms with Gasteiger partial charge >= 0.3 is 10.1 Å². The lowest BCUT2D eigenvalue weighted by Crippen LogP contribution is -2.10. The second-order valence-electron chi connectivity index (χ2n) is 2.72. The molecule has 0 atom stereocenters. The van der Waals surface area contributed by atoms with Crippen molar-refractivity contribution in [3.63, 3.8) is 0 Å². The zero-order valence-corrected chi connectivity index (χ0v) is 8.11. The van der Waals surface area contributed by atoms with Crippen LogP contribution in [0.2, 0.25) is 0 Å². The normalized spacial score (nSPS) is 11.3. The van der Waals surface area contributed by atoms with Gasteiger partial charge in [0.05, 0.1) is 0 Å². The third-order valence-corrected chi connectivity index (χ3v) is 2.25. The smallest absolute Gasteiger partial charge is 0.312 e. The zero-order valence-electron chi connectivity index (χ0n) is 7.30. The fraction of sp³-hybridized carbons (Fsp3) is 0.286. The minimum Gasteiger partial charge on any atom is -0.378 e. The molecule has 1 aromatic rings. The highest BCUT2D eigenvalue weighted by Gasteiger charge is 2.11. The van der Waals surface area contributed by atoms with Crippen LogP contribution in [0.15, 0.2) is 23.4 Å². The van der Waals surface area contributed by atoms with E-state index < -0.39 is 10.1 Å². The van der Waals surface area contributed by atoms with Crippen molar-refractivity contribution in [1.29, 1.82) is 0 Å². The summed E-state index contributed by atoms with van der Waals surface area (Å²) < 4.78 is 30.1. The van der Waals surface area contributed by atoms with Crippen LogP contribution < -0.4 is 4.90 Å². The molecule has 0 bridgehead atoms. The van der Waals surface area contributed by atoms with Crippen molar-refractivity contribution < 1.29 is 13.0 Å². The second-order valence-corrected chi connectivity index (χ2v) is 4.09. The van der Waals surface area contributed by atoms with Gasteiger partial charge in [0, 0.05) is 32.0 Å². The highest BCUT2D eigenvalue weighted by Crippen LogP contribution is 2.14. The molecule has 1 aromatic heterocycles. The first-order valence-corrected chi connectivity index (χ1v) is 4.96. The van der Waals surface area contributed by atoms with Crippen LogP contribution in [0.4, 0.5) is 5.69 Å². The van der Waals surface area contributed by atoms with Crippen LogP contribution in [-0.4, -0.2) is 32.0 Å². The maximum absolute atomic E-state index is 10.7. The summed E-state index contributed by atoms with van der Waals surface area (Å²) in [5.41, 5.74) is 0.669. The Morgan fingerprint density at radius 2 is 2.08 bits per heavy atom. The van der Waals surface area contributed by atoms with Crippen LogP contribution in [0, 0.1) is 0 Å². The van der Waals surface area contributed by atoms with E-state index in [0.29, 0.717) is 5.69 Å². The lowest BCUT2D eigenvalue weighted by atomic mass is 10.4. The molecule has 0 saturated carbocycles. The fourth-order valence-corrected chi connectivity index (χ4v) is 1.28. The van der Waals surface area contributed by atoms with Gasteiger partial charge in [-0.3, -0.25) is 4.55 Å². The molecule has 5 nitrogen and oxygen atoms in total. The molecular weight excluding hydrogens is 192 g/mol. The summed E-state index contributed by atoms with van der Waals surface area (Å²) in [5.74, 6) is 0. The van der Waals surface area contributed by atoms with Crippen molar-refractivity contribution in [2.24, 2.45) is 0 Å². The monoisotopic (exact) mass is 202 g/mol. The van der Waals surface area contributed by atoms with Gasteiger partial charge in [-0.15, -0.1) is 0 Å². The number of anilines is 1. The molecule has 0 fully saturated rings. The number of rotatable bonds is 2. The lowest BCUT2D eigenvalue weighted by molar-refractivity contribution is 0.479. The standard InChI is InChI=1S/C7H10N2O3S/c1-9(2)6-3-4-8-7(5-6)13(10,11)12/h3-5H,1-2H3,(H,10,11,12). The maximum atomic E-state index is 10.7. The first-order chi connectivity index (χ1) is 5.91. The summed E-state index contributed by atoms with van der Waals surface area (Å²) in [6.45, 7) is 0. The van der Waals surface area contributed by atoms with Gasteiger partial charge in [0.15, 0.2) is 5.03 Å². The number of pyridine rings is 1. The minimum atomic E-state index is -4.20. The van der Waals surface area contributed by atoms with Crippen molar-refractivity contribution in [3.8, 4) is 0 Å². The van der Waals surface area contributed by atoms with E-state index >= 15 is 0 Å². The van der Waals surface area contributed by atoms with E-state index in [1.165, 1.54) is 12.3 Å². The van der Waals surface area contributed by atoms with Crippen molar-refractivity contribution in [1.82, 2.24) is 4.98 Å². The predicted octanol–water partition coefficient (Wildman–Crippen LogP) is 0.394. The predicted molar refractivity (Wildman–Crippen MR) is 48.4 cm³/mol. The number of aromatic nitrogens is 1. The van der Waals surface area contributed by atoms with Crippen molar-refractivity contribution >= 4 is 15.8 Å². The molecule has 1 N–H and O–H groups in total. The van der Waals surface area contributed by atoms with Gasteiger partial charge in [0.1, 0.15) is 0 Å². The Balaban J connectivity index is 3.21. The first-order valence-electron chi connectivity index (χ1n) is 3.52. The van der Waals surface area contributed by atoms with Crippen molar-refractivity contribution in [3.05, 3.63) is 18.3 Å². The molecule has 0 spiro atoms. The van der Waals surface area contributed by atoms with E-state index in [4.69, 9.17) is 4.55 Å². The Morgan fingerprint density at radius 1 is 1.46 bits per heavy atom. The van der Waals surface area contributed by atoms with Crippen LogP contribution in [0.1, 0.15) is 0 Å². The summed E-state index contributed by atoms with van der Waals surface area (Å²) in [7, 11) is -0.663. The average molecular weight is 202 g/mol. The Labute approximate surface area is 76.8 Å². The van der Waals surface area contributed by atoms with E-state index in [-0.39, 0.29) is 5.03 Å². The third-order valence-electron chi connectivity index (χ3n) is 1.50. The van der Waals surface area contributed by atoms with Crippen LogP contribution in [0.25, 0.3) is 0 Å². The molecule has 1 rings (SSSR count). The second kappa shape index (κ2) is 3.31. The summed E-state index contributed by atoms with van der Waals surface area (Å²) in [4.78, 5) is 5.25. The molecule has 13 heavy (non-hydrogen) atoms. The van der Waals surface area contributed by atoms with Gasteiger partial charge in [0.25, 0.3) is 0 Å². The third kappa shape index (κ3) is 2.40. The van der Waals surface area contributed by atoms with Crippen molar-refractivity contribution in [2.45, 2.75) is 5.03 Å². The molecule has 0 radical (unpaired) electrons. The van der Waals surface area contributed by atoms with Gasteiger partial charge in [-0.2, -0.15) is 8.42 Å². The molecule has 6 heteroatoms. The van der Waals surface area contributed by atoms with Crippen LogP contribution >= 0.6 is 0 Å². The largest absolute Gasteiger partial charge is 0.378 e. The first kappa shape index (κ1) is 9.94. The van der Waals surface area contributed by atoms with Gasteiger partial charge < -0.3 is 4.90 Å². The topological polar surface area (TPSA) is 70.5 Å². The van der Waals surface area contributed by atoms with Crippen molar-refractivity contribution in [2.75, 3.05) is 19.0 Å². The number of nitrogens with zero attached hydrogens (tertiary/aromatic N) is 2. The Bertz CT molecular complexity index is 400. The lowest BCUT2D eigenvalue weighted by Gasteiger charge is -2.11. The molecule has 0 aromatic carbocycles. The molecule has 0 unspecified atom stereocenters. The van der Waals surface area contributed by atoms with Gasteiger partial charge in [-0.05, 0) is 6.07 Å². The van der Waals surface area contributed by atoms with E-state index in [9.17, 15) is 8.42 Å². The van der Waals surface area contributed by atoms with Gasteiger partial charge in [0.2, 0.25) is 0 Å². The SMILES string of the molecule is CN(C)c1ccnc(S(=O)(=O)O)c1. The molecule has 1 heterocycles. The Hall–Kier alpha value is -1.14. The molecule has 0 aliphatic rings. The number of hydrogen-bond acceptors (Lipinski definition) is 4. The molecule has 0 saturated heterocycles. The fourth-order valence-electron chi connectivity index (χ4n) is 0.818. The minimum absolute atomic E-state index is 0.335. The molecule has 0 amide bonds. The van der Waals surface area contributed by atoms with E-state index in [1.54, 1.807) is 25.1 Å². The maximum Gasteiger partial charge on any atom is 0.312 e. The molecular formula is C7H10N2O3S. The molecule has 0 aliphatic heterocycles. The highest BCUT2D eigenvalue weighted by molar-refractivity contribution is 7.85. The quantitative estimate of drug-likeness (QED) is 0.703. The average Bonchev–Trinajstić information content (AvgIpc) is 2.03. The van der Waals surface area contributed by atoms with E-state index in [2.05, 4.69) is 4.98 Å². The Kier molecular flexibility index (Phi) is 2.53. The Morgan fingerprint density at radius 3 is 2.54 bits per heavy atom. The van der Waals surface area contributed by atoms with E-state index in [0.717, 1.165) is 0 Å². The van der Waals surface area contributed by atoms with Gasteiger partial charge in [-0.25, -0.2) is 4.98 Å². The summed E-state index contributed by atoms with van der Waals surface area (Å²) in [6, 6.07) is 2.95. The summed E-state index contributed by atoms with van der Waals surface area (Å²) in [5, 5.41) is -0.335. The van der Waals surface area contributed by atoms with Crippen LogP contribution in [0.3, 0.4) is 0 Å². The highest BCUT2D eigenvalue weighted by atomic mass is 32.2.